The van der Waals surface area contributed by atoms with Crippen molar-refractivity contribution < 1.29 is 4.74 Å². The normalized spacial score (nSPS) is 21.4. The van der Waals surface area contributed by atoms with Crippen molar-refractivity contribution >= 4 is 72.6 Å². The molecule has 1 aliphatic heterocycles. The van der Waals surface area contributed by atoms with Crippen LogP contribution in [0.3, 0.4) is 0 Å². The molecular formula is C20H28BrClN3OPS. The van der Waals surface area contributed by atoms with E-state index < -0.39 is 0 Å². The maximum atomic E-state index is 6.42. The molecule has 4 nitrogen and oxygen atoms in total. The summed E-state index contributed by atoms with van der Waals surface area (Å²) in [4.78, 5) is 12.0. The van der Waals surface area contributed by atoms with Crippen LogP contribution in [0, 0.1) is 0 Å². The molecule has 3 rings (SSSR count). The quantitative estimate of drug-likeness (QED) is 0.393. The van der Waals surface area contributed by atoms with Crippen molar-refractivity contribution in [3.05, 3.63) is 33.0 Å². The zero-order chi connectivity index (χ0) is 19.6. The molecule has 1 aromatic rings. The van der Waals surface area contributed by atoms with Crippen LogP contribution >= 0.6 is 50.3 Å². The van der Waals surface area contributed by atoms with Gasteiger partial charge in [-0.05, 0) is 48.7 Å². The number of nitrogens with zero attached hydrogens (tertiary/aromatic N) is 3. The smallest absolute Gasteiger partial charge is 0.131 e. The van der Waals surface area contributed by atoms with Crippen molar-refractivity contribution in [2.75, 3.05) is 31.2 Å². The molecule has 0 radical (unpaired) electrons. The molecule has 28 heavy (non-hydrogen) atoms. The zero-order valence-electron chi connectivity index (χ0n) is 16.6. The molecule has 1 fully saturated rings. The third-order valence-electron chi connectivity index (χ3n) is 4.98. The third kappa shape index (κ3) is 4.84. The fourth-order valence-corrected chi connectivity index (χ4v) is 4.42. The summed E-state index contributed by atoms with van der Waals surface area (Å²) in [7, 11) is 2.82. The summed E-state index contributed by atoms with van der Waals surface area (Å²) in [6, 6.07) is 2.23. The predicted molar refractivity (Wildman–Crippen MR) is 134 cm³/mol. The lowest BCUT2D eigenvalue weighted by atomic mass is 9.91. The number of pyridine rings is 1. The van der Waals surface area contributed by atoms with Crippen LogP contribution in [0.25, 0.3) is 10.9 Å². The Balaban J connectivity index is 0.00000280. The van der Waals surface area contributed by atoms with Crippen LogP contribution in [0.4, 0.5) is 5.69 Å². The topological polar surface area (TPSA) is 37.7 Å². The second-order valence-electron chi connectivity index (χ2n) is 6.81. The van der Waals surface area contributed by atoms with E-state index in [0.717, 1.165) is 77.2 Å². The summed E-state index contributed by atoms with van der Waals surface area (Å²) >= 11 is 10.2. The van der Waals surface area contributed by atoms with Gasteiger partial charge in [-0.3, -0.25) is 4.99 Å². The average molecular weight is 505 g/mol. The lowest BCUT2D eigenvalue weighted by molar-refractivity contribution is 0.152. The molecule has 2 atom stereocenters. The first kappa shape index (κ1) is 23.9. The van der Waals surface area contributed by atoms with E-state index in [9.17, 15) is 0 Å². The van der Waals surface area contributed by atoms with Gasteiger partial charge in [0.1, 0.15) is 5.15 Å². The Hall–Kier alpha value is -0.390. The molecular weight excluding hydrogens is 477 g/mol. The molecule has 1 saturated heterocycles. The zero-order valence-corrected chi connectivity index (χ0v) is 21.1. The fraction of sp³-hybridized carbons (Fsp3) is 0.500. The van der Waals surface area contributed by atoms with Gasteiger partial charge in [-0.1, -0.05) is 24.6 Å². The summed E-state index contributed by atoms with van der Waals surface area (Å²) in [5.74, 6) is 0. The molecule has 1 aromatic heterocycles. The Bertz CT molecular complexity index is 820. The Morgan fingerprint density at radius 3 is 2.86 bits per heavy atom. The second kappa shape index (κ2) is 10.6. The minimum absolute atomic E-state index is 0. The van der Waals surface area contributed by atoms with Crippen LogP contribution in [0.2, 0.25) is 5.15 Å². The maximum Gasteiger partial charge on any atom is 0.131 e. The van der Waals surface area contributed by atoms with Crippen molar-refractivity contribution in [1.82, 2.24) is 4.98 Å². The van der Waals surface area contributed by atoms with Gasteiger partial charge in [0.2, 0.25) is 0 Å². The Labute approximate surface area is 190 Å². The first-order valence-corrected chi connectivity index (χ1v) is 11.2. The largest absolute Gasteiger partial charge is 0.380 e. The van der Waals surface area contributed by atoms with E-state index in [-0.39, 0.29) is 19.5 Å². The van der Waals surface area contributed by atoms with Gasteiger partial charge in [0.25, 0.3) is 0 Å². The lowest BCUT2D eigenvalue weighted by Gasteiger charge is -2.30. The first-order chi connectivity index (χ1) is 13.0. The van der Waals surface area contributed by atoms with Gasteiger partial charge in [-0.2, -0.15) is 13.5 Å². The number of fused-ring (bicyclic) bond motifs is 1. The van der Waals surface area contributed by atoms with Crippen molar-refractivity contribution in [1.29, 1.82) is 0 Å². The number of rotatable bonds is 3. The summed E-state index contributed by atoms with van der Waals surface area (Å²) < 4.78 is 6.62. The van der Waals surface area contributed by atoms with Crippen molar-refractivity contribution in [3.8, 4) is 0 Å². The number of allylic oxidation sites excluding steroid dienone is 3. The van der Waals surface area contributed by atoms with Crippen LogP contribution in [0.5, 0.6) is 0 Å². The molecule has 1 aliphatic carbocycles. The molecule has 2 aliphatic rings. The van der Waals surface area contributed by atoms with Gasteiger partial charge < -0.3 is 9.64 Å². The molecule has 8 heteroatoms. The molecule has 154 valence electrons. The standard InChI is InChI=1S/C20H26BrClN3OP.H2S/c1-4-12(3)23-18-13(5-2)16-14(25-7-6-9-26-10-8-25)11-15(22)24-19(16)20(27)17(18)21;/h5,11-12H,4,6-10,27H2,1-3H3;1H2/b13-5-,23-18?;. The highest BCUT2D eigenvalue weighted by Crippen LogP contribution is 2.46. The Morgan fingerprint density at radius 1 is 1.43 bits per heavy atom. The van der Waals surface area contributed by atoms with Gasteiger partial charge in [-0.15, -0.1) is 9.24 Å². The Kier molecular flexibility index (Phi) is 9.03. The average Bonchev–Trinajstić information content (AvgIpc) is 2.95. The predicted octanol–water partition coefficient (Wildman–Crippen LogP) is 5.67. The van der Waals surface area contributed by atoms with Gasteiger partial charge in [0.05, 0.1) is 22.5 Å². The van der Waals surface area contributed by atoms with Crippen molar-refractivity contribution in [3.63, 3.8) is 0 Å². The minimum atomic E-state index is 0. The second-order valence-corrected chi connectivity index (χ2v) is 8.56. The lowest BCUT2D eigenvalue weighted by Crippen LogP contribution is -2.28. The van der Waals surface area contributed by atoms with Gasteiger partial charge in [0.15, 0.2) is 0 Å². The molecule has 2 heterocycles. The van der Waals surface area contributed by atoms with Gasteiger partial charge in [-0.25, -0.2) is 4.98 Å². The van der Waals surface area contributed by atoms with Crippen molar-refractivity contribution in [2.24, 2.45) is 4.99 Å². The molecule has 0 N–H and O–H groups in total. The van der Waals surface area contributed by atoms with Crippen LogP contribution < -0.4 is 4.90 Å². The highest BCUT2D eigenvalue weighted by atomic mass is 79.9. The summed E-state index contributed by atoms with van der Waals surface area (Å²) in [6.45, 7) is 9.67. The maximum absolute atomic E-state index is 6.42. The molecule has 2 unspecified atom stereocenters. The third-order valence-corrected chi connectivity index (χ3v) is 6.96. The number of anilines is 1. The van der Waals surface area contributed by atoms with Crippen LogP contribution in [0.15, 0.2) is 21.6 Å². The molecule has 0 bridgehead atoms. The van der Waals surface area contributed by atoms with Crippen LogP contribution in [-0.4, -0.2) is 43.0 Å². The number of hydrogen-bond donors (Lipinski definition) is 0. The van der Waals surface area contributed by atoms with Crippen LogP contribution in [-0.2, 0) is 4.74 Å². The summed E-state index contributed by atoms with van der Waals surface area (Å²) in [6.07, 6.45) is 4.13. The monoisotopic (exact) mass is 503 g/mol. The minimum Gasteiger partial charge on any atom is -0.380 e. The van der Waals surface area contributed by atoms with E-state index in [4.69, 9.17) is 21.3 Å². The molecule has 0 saturated carbocycles. The Morgan fingerprint density at radius 2 is 2.18 bits per heavy atom. The molecule has 0 aromatic carbocycles. The highest BCUT2D eigenvalue weighted by Gasteiger charge is 2.30. The highest BCUT2D eigenvalue weighted by molar-refractivity contribution is 9.12. The van der Waals surface area contributed by atoms with Gasteiger partial charge in [0, 0.05) is 47.9 Å². The number of hydrogen-bond acceptors (Lipinski definition) is 4. The van der Waals surface area contributed by atoms with E-state index in [0.29, 0.717) is 5.15 Å². The van der Waals surface area contributed by atoms with E-state index in [2.05, 4.69) is 61.9 Å². The number of ether oxygens (including phenoxy) is 1. The van der Waals surface area contributed by atoms with Gasteiger partial charge >= 0.3 is 0 Å². The van der Waals surface area contributed by atoms with E-state index in [1.165, 1.54) is 0 Å². The molecule has 0 amide bonds. The first-order valence-electron chi connectivity index (χ1n) is 9.42. The van der Waals surface area contributed by atoms with E-state index in [1.807, 2.05) is 6.07 Å². The SMILES string of the molecule is C/C=C1\C(=NC(C)CC)C(Br)=C(P)c2nc(Cl)cc(N3CCCOCC3)c21.S. The fourth-order valence-electron chi connectivity index (χ4n) is 3.39. The van der Waals surface area contributed by atoms with Crippen LogP contribution in [0.1, 0.15) is 44.9 Å². The number of halogens is 2. The number of aliphatic imine (C=N–C) groups is 1. The van der Waals surface area contributed by atoms with E-state index in [1.54, 1.807) is 0 Å². The molecule has 0 spiro atoms. The summed E-state index contributed by atoms with van der Waals surface area (Å²) in [5, 5.41) is 1.50. The van der Waals surface area contributed by atoms with Crippen molar-refractivity contribution in [2.45, 2.75) is 39.7 Å². The van der Waals surface area contributed by atoms with E-state index >= 15 is 0 Å². The summed E-state index contributed by atoms with van der Waals surface area (Å²) in [5.41, 5.74) is 5.21. The number of aromatic nitrogens is 1.